The molecule has 0 aliphatic heterocycles. The molecule has 1 atom stereocenters. The first kappa shape index (κ1) is 11.4. The van der Waals surface area contributed by atoms with Gasteiger partial charge in [-0.25, -0.2) is 4.98 Å². The molecule has 16 heavy (non-hydrogen) atoms. The lowest BCUT2D eigenvalue weighted by atomic mass is 10.0. The van der Waals surface area contributed by atoms with Gasteiger partial charge in [-0.3, -0.25) is 0 Å². The van der Waals surface area contributed by atoms with Crippen LogP contribution in [-0.4, -0.2) is 22.3 Å². The minimum atomic E-state index is -4.30. The van der Waals surface area contributed by atoms with Crippen LogP contribution in [0, 0.1) is 0 Å². The summed E-state index contributed by atoms with van der Waals surface area (Å²) in [5.41, 5.74) is 6.72. The van der Waals surface area contributed by atoms with Crippen molar-refractivity contribution >= 4 is 0 Å². The number of fused-ring (bicyclic) bond motifs is 1. The summed E-state index contributed by atoms with van der Waals surface area (Å²) in [6, 6.07) is -1.64. The van der Waals surface area contributed by atoms with E-state index in [4.69, 9.17) is 5.73 Å². The van der Waals surface area contributed by atoms with Crippen LogP contribution in [0.15, 0.2) is 6.33 Å². The van der Waals surface area contributed by atoms with Crippen LogP contribution < -0.4 is 5.73 Å². The van der Waals surface area contributed by atoms with Gasteiger partial charge in [-0.15, -0.1) is 0 Å². The Morgan fingerprint density at radius 3 is 2.69 bits per heavy atom. The molecule has 0 fully saturated rings. The highest BCUT2D eigenvalue weighted by atomic mass is 19.4. The van der Waals surface area contributed by atoms with Crippen molar-refractivity contribution in [3.63, 3.8) is 0 Å². The van der Waals surface area contributed by atoms with Gasteiger partial charge in [-0.1, -0.05) is 0 Å². The predicted octanol–water partition coefficient (Wildman–Crippen LogP) is 1.82. The number of imidazole rings is 1. The Morgan fingerprint density at radius 1 is 1.38 bits per heavy atom. The van der Waals surface area contributed by atoms with Crippen molar-refractivity contribution in [2.45, 2.75) is 37.9 Å². The van der Waals surface area contributed by atoms with Crippen LogP contribution in [0.1, 0.15) is 30.3 Å². The second-order valence-electron chi connectivity index (χ2n) is 4.05. The van der Waals surface area contributed by atoms with E-state index in [-0.39, 0.29) is 0 Å². The molecule has 1 unspecified atom stereocenters. The van der Waals surface area contributed by atoms with Crippen LogP contribution in [-0.2, 0) is 12.8 Å². The molecule has 6 heteroatoms. The Bertz CT molecular complexity index is 370. The fourth-order valence-electron chi connectivity index (χ4n) is 2.17. The second kappa shape index (κ2) is 4.08. The highest BCUT2D eigenvalue weighted by molar-refractivity contribution is 5.17. The van der Waals surface area contributed by atoms with Crippen LogP contribution in [0.4, 0.5) is 13.2 Å². The Balaban J connectivity index is 2.35. The molecule has 0 amide bonds. The van der Waals surface area contributed by atoms with Crippen LogP contribution in [0.5, 0.6) is 0 Å². The third-order valence-electron chi connectivity index (χ3n) is 3.00. The van der Waals surface area contributed by atoms with E-state index in [1.807, 2.05) is 0 Å². The van der Waals surface area contributed by atoms with Gasteiger partial charge in [0.15, 0.2) is 0 Å². The number of aromatic nitrogens is 2. The third kappa shape index (κ3) is 1.93. The lowest BCUT2D eigenvalue weighted by molar-refractivity contribution is -0.165. The zero-order valence-corrected chi connectivity index (χ0v) is 8.80. The molecule has 1 aromatic rings. The minimum absolute atomic E-state index is 0.438. The molecular weight excluding hydrogens is 219 g/mol. The molecule has 3 nitrogen and oxygen atoms in total. The summed E-state index contributed by atoms with van der Waals surface area (Å²) in [5, 5.41) is 0. The van der Waals surface area contributed by atoms with E-state index < -0.39 is 18.8 Å². The van der Waals surface area contributed by atoms with E-state index >= 15 is 0 Å². The monoisotopic (exact) mass is 233 g/mol. The molecule has 0 aromatic carbocycles. The van der Waals surface area contributed by atoms with Gasteiger partial charge in [0.2, 0.25) is 0 Å². The average molecular weight is 233 g/mol. The molecule has 0 saturated heterocycles. The topological polar surface area (TPSA) is 43.8 Å². The Kier molecular flexibility index (Phi) is 2.92. The van der Waals surface area contributed by atoms with Crippen LogP contribution in [0.25, 0.3) is 0 Å². The van der Waals surface area contributed by atoms with E-state index in [9.17, 15) is 13.2 Å². The fraction of sp³-hybridized carbons (Fsp3) is 0.700. The standard InChI is InChI=1S/C10H14F3N3/c11-10(12,13)9(5-14)16-6-15-7-3-1-2-4-8(7)16/h6,9H,1-5,14H2. The lowest BCUT2D eigenvalue weighted by Crippen LogP contribution is -2.34. The van der Waals surface area contributed by atoms with Gasteiger partial charge in [-0.2, -0.15) is 13.2 Å². The third-order valence-corrected chi connectivity index (χ3v) is 3.00. The predicted molar refractivity (Wildman–Crippen MR) is 53.0 cm³/mol. The van der Waals surface area contributed by atoms with Crippen molar-refractivity contribution in [3.8, 4) is 0 Å². The van der Waals surface area contributed by atoms with Crippen LogP contribution >= 0.6 is 0 Å². The van der Waals surface area contributed by atoms with Gasteiger partial charge in [0.1, 0.15) is 6.04 Å². The molecule has 1 aliphatic carbocycles. The number of hydrogen-bond acceptors (Lipinski definition) is 2. The zero-order valence-electron chi connectivity index (χ0n) is 8.80. The quantitative estimate of drug-likeness (QED) is 0.846. The Labute approximate surface area is 91.5 Å². The number of hydrogen-bond donors (Lipinski definition) is 1. The maximum atomic E-state index is 12.7. The molecule has 2 rings (SSSR count). The molecule has 1 heterocycles. The summed E-state index contributed by atoms with van der Waals surface area (Å²) in [4.78, 5) is 4.05. The fourth-order valence-corrected chi connectivity index (χ4v) is 2.17. The summed E-state index contributed by atoms with van der Waals surface area (Å²) in [5.74, 6) is 0. The minimum Gasteiger partial charge on any atom is -0.328 e. The first-order valence-corrected chi connectivity index (χ1v) is 5.35. The molecule has 2 N–H and O–H groups in total. The number of aryl methyl sites for hydroxylation is 1. The van der Waals surface area contributed by atoms with E-state index in [1.165, 1.54) is 10.9 Å². The van der Waals surface area contributed by atoms with Crippen LogP contribution in [0.2, 0.25) is 0 Å². The van der Waals surface area contributed by atoms with Gasteiger partial charge >= 0.3 is 6.18 Å². The molecule has 0 saturated carbocycles. The molecule has 0 radical (unpaired) electrons. The number of alkyl halides is 3. The first-order chi connectivity index (χ1) is 7.54. The second-order valence-corrected chi connectivity index (χ2v) is 4.05. The van der Waals surface area contributed by atoms with E-state index in [0.717, 1.165) is 25.0 Å². The smallest absolute Gasteiger partial charge is 0.328 e. The normalized spacial score (nSPS) is 18.2. The molecule has 1 aromatic heterocycles. The van der Waals surface area contributed by atoms with Gasteiger partial charge in [0, 0.05) is 12.2 Å². The zero-order chi connectivity index (χ0) is 11.8. The van der Waals surface area contributed by atoms with Gasteiger partial charge < -0.3 is 10.3 Å². The van der Waals surface area contributed by atoms with Crippen molar-refractivity contribution in [1.29, 1.82) is 0 Å². The molecule has 0 spiro atoms. The van der Waals surface area contributed by atoms with Gasteiger partial charge in [0.05, 0.1) is 12.0 Å². The summed E-state index contributed by atoms with van der Waals surface area (Å²) in [7, 11) is 0. The first-order valence-electron chi connectivity index (χ1n) is 5.35. The van der Waals surface area contributed by atoms with Gasteiger partial charge in [0.25, 0.3) is 0 Å². The number of rotatable bonds is 2. The summed E-state index contributed by atoms with van der Waals surface area (Å²) in [6.45, 7) is -0.438. The molecule has 0 bridgehead atoms. The summed E-state index contributed by atoms with van der Waals surface area (Å²) >= 11 is 0. The summed E-state index contributed by atoms with van der Waals surface area (Å²) < 4.78 is 39.4. The maximum absolute atomic E-state index is 12.7. The number of nitrogens with two attached hydrogens (primary N) is 1. The molecule has 90 valence electrons. The molecular formula is C10H14F3N3. The highest BCUT2D eigenvalue weighted by Crippen LogP contribution is 2.32. The largest absolute Gasteiger partial charge is 0.410 e. The van der Waals surface area contributed by atoms with Gasteiger partial charge in [-0.05, 0) is 25.7 Å². The number of nitrogens with zero attached hydrogens (tertiary/aromatic N) is 2. The Morgan fingerprint density at radius 2 is 2.06 bits per heavy atom. The molecule has 1 aliphatic rings. The van der Waals surface area contributed by atoms with Crippen molar-refractivity contribution in [2.24, 2.45) is 5.73 Å². The maximum Gasteiger partial charge on any atom is 0.410 e. The highest BCUT2D eigenvalue weighted by Gasteiger charge is 2.41. The van der Waals surface area contributed by atoms with Crippen molar-refractivity contribution < 1.29 is 13.2 Å². The van der Waals surface area contributed by atoms with Crippen LogP contribution in [0.3, 0.4) is 0 Å². The van der Waals surface area contributed by atoms with E-state index in [2.05, 4.69) is 4.98 Å². The summed E-state index contributed by atoms with van der Waals surface area (Å²) in [6.07, 6.45) is 0.345. The lowest BCUT2D eigenvalue weighted by Gasteiger charge is -2.23. The van der Waals surface area contributed by atoms with E-state index in [1.54, 1.807) is 0 Å². The van der Waals surface area contributed by atoms with Crippen molar-refractivity contribution in [2.75, 3.05) is 6.54 Å². The number of halogens is 3. The Hall–Kier alpha value is -1.04. The van der Waals surface area contributed by atoms with Crippen molar-refractivity contribution in [3.05, 3.63) is 17.7 Å². The van der Waals surface area contributed by atoms with E-state index in [0.29, 0.717) is 12.1 Å². The van der Waals surface area contributed by atoms with Crippen molar-refractivity contribution in [1.82, 2.24) is 9.55 Å². The SMILES string of the molecule is NCC(n1cnc2c1CCCC2)C(F)(F)F. The average Bonchev–Trinajstić information content (AvgIpc) is 2.61.